The van der Waals surface area contributed by atoms with Crippen molar-refractivity contribution in [2.45, 2.75) is 70.8 Å². The molecule has 106 valence electrons. The molecule has 0 spiro atoms. The SMILES string of the molecule is CCCCCCC(C)Nc1cc(N)nc(C2CC2)n1. The molecule has 1 aliphatic rings. The van der Waals surface area contributed by atoms with E-state index < -0.39 is 0 Å². The lowest BCUT2D eigenvalue weighted by Crippen LogP contribution is -2.17. The average molecular weight is 262 g/mol. The van der Waals surface area contributed by atoms with E-state index in [0.29, 0.717) is 17.8 Å². The van der Waals surface area contributed by atoms with E-state index in [2.05, 4.69) is 29.1 Å². The molecule has 0 bridgehead atoms. The fourth-order valence-corrected chi connectivity index (χ4v) is 2.29. The van der Waals surface area contributed by atoms with E-state index in [1.165, 1.54) is 44.9 Å². The van der Waals surface area contributed by atoms with Crippen LogP contribution < -0.4 is 11.1 Å². The molecule has 4 heteroatoms. The molecule has 3 N–H and O–H groups in total. The minimum atomic E-state index is 0.443. The fraction of sp³-hybridized carbons (Fsp3) is 0.733. The van der Waals surface area contributed by atoms with Gasteiger partial charge in [0.15, 0.2) is 0 Å². The molecule has 1 atom stereocenters. The molecule has 1 heterocycles. The van der Waals surface area contributed by atoms with Gasteiger partial charge in [0.05, 0.1) is 0 Å². The molecule has 4 nitrogen and oxygen atoms in total. The van der Waals surface area contributed by atoms with E-state index in [1.807, 2.05) is 6.07 Å². The van der Waals surface area contributed by atoms with Crippen molar-refractivity contribution in [1.82, 2.24) is 9.97 Å². The van der Waals surface area contributed by atoms with Gasteiger partial charge in [-0.3, -0.25) is 0 Å². The molecule has 1 unspecified atom stereocenters. The Hall–Kier alpha value is -1.32. The zero-order valence-electron chi connectivity index (χ0n) is 12.2. The van der Waals surface area contributed by atoms with Gasteiger partial charge in [0.2, 0.25) is 0 Å². The van der Waals surface area contributed by atoms with Gasteiger partial charge in [-0.15, -0.1) is 0 Å². The van der Waals surface area contributed by atoms with Crippen LogP contribution in [0.4, 0.5) is 11.6 Å². The number of anilines is 2. The summed E-state index contributed by atoms with van der Waals surface area (Å²) in [5, 5.41) is 3.45. The van der Waals surface area contributed by atoms with Gasteiger partial charge in [0.1, 0.15) is 17.5 Å². The zero-order chi connectivity index (χ0) is 13.7. The third kappa shape index (κ3) is 4.69. The van der Waals surface area contributed by atoms with Crippen LogP contribution in [-0.2, 0) is 0 Å². The summed E-state index contributed by atoms with van der Waals surface area (Å²) in [6.07, 6.45) is 8.81. The Bertz CT molecular complexity index is 401. The number of rotatable bonds is 8. The van der Waals surface area contributed by atoms with Gasteiger partial charge in [-0.25, -0.2) is 9.97 Å². The largest absolute Gasteiger partial charge is 0.384 e. The van der Waals surface area contributed by atoms with Gasteiger partial charge in [-0.2, -0.15) is 0 Å². The summed E-state index contributed by atoms with van der Waals surface area (Å²) in [6.45, 7) is 4.45. The van der Waals surface area contributed by atoms with Crippen LogP contribution in [0.5, 0.6) is 0 Å². The van der Waals surface area contributed by atoms with E-state index in [-0.39, 0.29) is 0 Å². The summed E-state index contributed by atoms with van der Waals surface area (Å²) in [6, 6.07) is 2.28. The van der Waals surface area contributed by atoms with Crippen LogP contribution in [0.2, 0.25) is 0 Å². The van der Waals surface area contributed by atoms with Crippen molar-refractivity contribution in [2.75, 3.05) is 11.1 Å². The molecule has 0 radical (unpaired) electrons. The predicted molar refractivity (Wildman–Crippen MR) is 80.3 cm³/mol. The van der Waals surface area contributed by atoms with Crippen LogP contribution in [0.25, 0.3) is 0 Å². The molecular weight excluding hydrogens is 236 g/mol. The van der Waals surface area contributed by atoms with Crippen LogP contribution in [0.15, 0.2) is 6.07 Å². The molecule has 0 amide bonds. The van der Waals surface area contributed by atoms with E-state index >= 15 is 0 Å². The van der Waals surface area contributed by atoms with Gasteiger partial charge in [0.25, 0.3) is 0 Å². The summed E-state index contributed by atoms with van der Waals surface area (Å²) in [4.78, 5) is 8.89. The maximum Gasteiger partial charge on any atom is 0.136 e. The highest BCUT2D eigenvalue weighted by Crippen LogP contribution is 2.38. The molecule has 1 aliphatic carbocycles. The number of nitrogens with one attached hydrogen (secondary N) is 1. The second kappa shape index (κ2) is 6.73. The first-order chi connectivity index (χ1) is 9.19. The first-order valence-electron chi connectivity index (χ1n) is 7.60. The van der Waals surface area contributed by atoms with Crippen molar-refractivity contribution in [3.63, 3.8) is 0 Å². The molecule has 0 aliphatic heterocycles. The van der Waals surface area contributed by atoms with Crippen LogP contribution in [0.1, 0.15) is 70.5 Å². The van der Waals surface area contributed by atoms with Gasteiger partial charge in [0, 0.05) is 18.0 Å². The van der Waals surface area contributed by atoms with Crippen LogP contribution in [0, 0.1) is 0 Å². The maximum atomic E-state index is 5.85. The lowest BCUT2D eigenvalue weighted by atomic mass is 10.1. The van der Waals surface area contributed by atoms with Crippen molar-refractivity contribution < 1.29 is 0 Å². The number of nitrogens with two attached hydrogens (primary N) is 1. The van der Waals surface area contributed by atoms with Crippen molar-refractivity contribution >= 4 is 11.6 Å². The summed E-state index contributed by atoms with van der Waals surface area (Å²) in [7, 11) is 0. The monoisotopic (exact) mass is 262 g/mol. The van der Waals surface area contributed by atoms with Gasteiger partial charge in [-0.05, 0) is 26.2 Å². The highest BCUT2D eigenvalue weighted by Gasteiger charge is 2.27. The molecule has 0 saturated heterocycles. The summed E-state index contributed by atoms with van der Waals surface area (Å²) >= 11 is 0. The molecule has 1 saturated carbocycles. The quantitative estimate of drug-likeness (QED) is 0.701. The first-order valence-corrected chi connectivity index (χ1v) is 7.60. The van der Waals surface area contributed by atoms with Crippen LogP contribution >= 0.6 is 0 Å². The normalized spacial score (nSPS) is 16.3. The topological polar surface area (TPSA) is 63.8 Å². The molecular formula is C15H26N4. The van der Waals surface area contributed by atoms with E-state index in [1.54, 1.807) is 0 Å². The molecule has 1 aromatic rings. The Kier molecular flexibility index (Phi) is 5.00. The third-order valence-corrected chi connectivity index (χ3v) is 3.59. The molecule has 1 fully saturated rings. The van der Waals surface area contributed by atoms with Crippen molar-refractivity contribution in [2.24, 2.45) is 0 Å². The highest BCUT2D eigenvalue weighted by molar-refractivity contribution is 5.45. The molecule has 19 heavy (non-hydrogen) atoms. The van der Waals surface area contributed by atoms with Gasteiger partial charge < -0.3 is 11.1 Å². The number of hydrogen-bond donors (Lipinski definition) is 2. The fourth-order valence-electron chi connectivity index (χ4n) is 2.29. The third-order valence-electron chi connectivity index (χ3n) is 3.59. The lowest BCUT2D eigenvalue weighted by Gasteiger charge is -2.15. The van der Waals surface area contributed by atoms with Gasteiger partial charge in [-0.1, -0.05) is 32.6 Å². The minimum Gasteiger partial charge on any atom is -0.384 e. The number of hydrogen-bond acceptors (Lipinski definition) is 4. The number of nitrogen functional groups attached to an aromatic ring is 1. The summed E-state index contributed by atoms with van der Waals surface area (Å²) in [5.41, 5.74) is 5.85. The smallest absolute Gasteiger partial charge is 0.136 e. The first kappa shape index (κ1) is 14.1. The van der Waals surface area contributed by atoms with Crippen molar-refractivity contribution in [3.05, 3.63) is 11.9 Å². The van der Waals surface area contributed by atoms with Gasteiger partial charge >= 0.3 is 0 Å². The van der Waals surface area contributed by atoms with E-state index in [9.17, 15) is 0 Å². The standard InChI is InChI=1S/C15H26N4/c1-3-4-5-6-7-11(2)17-14-10-13(16)18-15(19-14)12-8-9-12/h10-12H,3-9H2,1-2H3,(H3,16,17,18,19). The highest BCUT2D eigenvalue weighted by atomic mass is 15.1. The predicted octanol–water partition coefficient (Wildman–Crippen LogP) is 3.71. The Morgan fingerprint density at radius 3 is 2.79 bits per heavy atom. The number of aromatic nitrogens is 2. The van der Waals surface area contributed by atoms with E-state index in [4.69, 9.17) is 5.73 Å². The second-order valence-corrected chi connectivity index (χ2v) is 5.71. The zero-order valence-corrected chi connectivity index (χ0v) is 12.2. The number of nitrogens with zero attached hydrogens (tertiary/aromatic N) is 2. The summed E-state index contributed by atoms with van der Waals surface area (Å²) < 4.78 is 0. The van der Waals surface area contributed by atoms with Crippen molar-refractivity contribution in [1.29, 1.82) is 0 Å². The van der Waals surface area contributed by atoms with Crippen LogP contribution in [0.3, 0.4) is 0 Å². The maximum absolute atomic E-state index is 5.85. The lowest BCUT2D eigenvalue weighted by molar-refractivity contribution is 0.592. The second-order valence-electron chi connectivity index (χ2n) is 5.71. The van der Waals surface area contributed by atoms with Crippen LogP contribution in [-0.4, -0.2) is 16.0 Å². The molecule has 2 rings (SSSR count). The Balaban J connectivity index is 1.83. The number of unbranched alkanes of at least 4 members (excludes halogenated alkanes) is 3. The van der Waals surface area contributed by atoms with Crippen molar-refractivity contribution in [3.8, 4) is 0 Å². The Morgan fingerprint density at radius 1 is 1.32 bits per heavy atom. The molecule has 1 aromatic heterocycles. The minimum absolute atomic E-state index is 0.443. The average Bonchev–Trinajstić information content (AvgIpc) is 3.18. The Morgan fingerprint density at radius 2 is 2.11 bits per heavy atom. The summed E-state index contributed by atoms with van der Waals surface area (Å²) in [5.74, 6) is 2.93. The molecule has 0 aromatic carbocycles. The Labute approximate surface area is 116 Å². The van der Waals surface area contributed by atoms with E-state index in [0.717, 1.165) is 11.6 Å².